The van der Waals surface area contributed by atoms with Crippen LogP contribution in [0.1, 0.15) is 24.8 Å². The summed E-state index contributed by atoms with van der Waals surface area (Å²) in [7, 11) is 0. The van der Waals surface area contributed by atoms with E-state index in [4.69, 9.17) is 16.3 Å². The molecule has 0 unspecified atom stereocenters. The summed E-state index contributed by atoms with van der Waals surface area (Å²) in [4.78, 5) is 41.4. The number of H-pyrrole nitrogens is 2. The van der Waals surface area contributed by atoms with Crippen molar-refractivity contribution in [3.63, 3.8) is 0 Å². The van der Waals surface area contributed by atoms with E-state index in [1.165, 1.54) is 0 Å². The predicted octanol–water partition coefficient (Wildman–Crippen LogP) is 3.11. The molecule has 1 aromatic heterocycles. The number of esters is 1. The molecule has 144 valence electrons. The molecule has 8 heteroatoms. The molecule has 1 heterocycles. The van der Waals surface area contributed by atoms with E-state index in [-0.39, 0.29) is 12.3 Å². The normalized spacial score (nSPS) is 15.0. The Bertz CT molecular complexity index is 1100. The van der Waals surface area contributed by atoms with Gasteiger partial charge < -0.3 is 20.0 Å². The molecule has 28 heavy (non-hydrogen) atoms. The van der Waals surface area contributed by atoms with Gasteiger partial charge in [0.1, 0.15) is 0 Å². The number of benzene rings is 2. The average Bonchev–Trinajstić information content (AvgIpc) is 3.00. The Balaban J connectivity index is 1.39. The second-order valence-electron chi connectivity index (χ2n) is 6.91. The number of carbonyl (C=O) groups is 2. The lowest BCUT2D eigenvalue weighted by atomic mass is 9.64. The van der Waals surface area contributed by atoms with Crippen molar-refractivity contribution in [1.29, 1.82) is 0 Å². The first-order chi connectivity index (χ1) is 13.5. The molecule has 7 nitrogen and oxygen atoms in total. The van der Waals surface area contributed by atoms with Gasteiger partial charge in [0.05, 0.1) is 16.4 Å². The second-order valence-corrected chi connectivity index (χ2v) is 7.34. The summed E-state index contributed by atoms with van der Waals surface area (Å²) in [5.41, 5.74) is 1.56. The fraction of sp³-hybridized carbons (Fsp3) is 0.250. The first kappa shape index (κ1) is 18.3. The number of aromatic nitrogens is 2. The van der Waals surface area contributed by atoms with Gasteiger partial charge in [0, 0.05) is 10.7 Å². The summed E-state index contributed by atoms with van der Waals surface area (Å²) in [6.45, 7) is -0.379. The first-order valence-corrected chi connectivity index (χ1v) is 9.29. The largest absolute Gasteiger partial charge is 0.455 e. The van der Waals surface area contributed by atoms with Crippen LogP contribution in [0.5, 0.6) is 0 Å². The topological polar surface area (TPSA) is 104 Å². The maximum absolute atomic E-state index is 12.7. The number of aromatic amines is 2. The second kappa shape index (κ2) is 7.16. The Morgan fingerprint density at radius 2 is 1.79 bits per heavy atom. The van der Waals surface area contributed by atoms with Crippen LogP contribution in [0.2, 0.25) is 5.02 Å². The molecular weight excluding hydrogens is 382 g/mol. The summed E-state index contributed by atoms with van der Waals surface area (Å²) in [6.07, 6.45) is 2.30. The minimum Gasteiger partial charge on any atom is -0.455 e. The number of nitrogens with one attached hydrogen (secondary N) is 3. The monoisotopic (exact) mass is 399 g/mol. The number of hydrogen-bond acceptors (Lipinski definition) is 4. The third-order valence-electron chi connectivity index (χ3n) is 5.13. The summed E-state index contributed by atoms with van der Waals surface area (Å²) in [6, 6.07) is 12.1. The fourth-order valence-corrected chi connectivity index (χ4v) is 3.61. The van der Waals surface area contributed by atoms with E-state index in [1.807, 2.05) is 12.1 Å². The molecule has 3 aromatic rings. The lowest BCUT2D eigenvalue weighted by Gasteiger charge is -2.39. The van der Waals surface area contributed by atoms with E-state index < -0.39 is 17.3 Å². The molecule has 1 aliphatic carbocycles. The highest BCUT2D eigenvalue weighted by Gasteiger charge is 2.47. The lowest BCUT2D eigenvalue weighted by Crippen LogP contribution is -2.44. The van der Waals surface area contributed by atoms with E-state index in [0.717, 1.165) is 12.0 Å². The van der Waals surface area contributed by atoms with Crippen LogP contribution >= 0.6 is 11.6 Å². The highest BCUT2D eigenvalue weighted by molar-refractivity contribution is 6.30. The third kappa shape index (κ3) is 3.41. The number of fused-ring (bicyclic) bond motifs is 1. The van der Waals surface area contributed by atoms with Gasteiger partial charge in [-0.2, -0.15) is 0 Å². The van der Waals surface area contributed by atoms with Gasteiger partial charge in [0.15, 0.2) is 6.61 Å². The van der Waals surface area contributed by atoms with E-state index >= 15 is 0 Å². The lowest BCUT2D eigenvalue weighted by molar-refractivity contribution is -0.156. The molecule has 1 saturated carbocycles. The molecule has 0 radical (unpaired) electrons. The predicted molar refractivity (Wildman–Crippen MR) is 105 cm³/mol. The van der Waals surface area contributed by atoms with Crippen LogP contribution in [0, 0.1) is 0 Å². The van der Waals surface area contributed by atoms with Crippen LogP contribution in [0.3, 0.4) is 0 Å². The van der Waals surface area contributed by atoms with Gasteiger partial charge in [-0.15, -0.1) is 0 Å². The number of carbonyl (C=O) groups excluding carboxylic acids is 2. The Kier molecular flexibility index (Phi) is 4.68. The molecule has 0 bridgehead atoms. The highest BCUT2D eigenvalue weighted by atomic mass is 35.5. The molecule has 0 saturated heterocycles. The summed E-state index contributed by atoms with van der Waals surface area (Å²) in [5, 5.41) is 3.27. The fourth-order valence-electron chi connectivity index (χ4n) is 3.49. The summed E-state index contributed by atoms with van der Waals surface area (Å²) < 4.78 is 5.31. The zero-order valence-electron chi connectivity index (χ0n) is 14.9. The number of imidazole rings is 1. The molecule has 1 fully saturated rings. The molecule has 0 spiro atoms. The van der Waals surface area contributed by atoms with E-state index in [2.05, 4.69) is 15.3 Å². The standard InChI is InChI=1S/C20H18ClN3O4/c21-13-4-2-12(3-5-13)20(8-1-9-20)18(26)28-11-17(25)22-14-6-7-15-16(10-14)24-19(27)23-15/h2-7,10H,1,8-9,11H2,(H,22,25)(H2,23,24,27). The highest BCUT2D eigenvalue weighted by Crippen LogP contribution is 2.45. The van der Waals surface area contributed by atoms with Crippen LogP contribution in [-0.4, -0.2) is 28.5 Å². The maximum atomic E-state index is 12.7. The molecule has 4 rings (SSSR count). The van der Waals surface area contributed by atoms with Gasteiger partial charge >= 0.3 is 11.7 Å². The molecule has 2 aromatic carbocycles. The van der Waals surface area contributed by atoms with E-state index in [9.17, 15) is 14.4 Å². The molecule has 0 aliphatic heterocycles. The quantitative estimate of drug-likeness (QED) is 0.573. The van der Waals surface area contributed by atoms with E-state index in [1.54, 1.807) is 30.3 Å². The van der Waals surface area contributed by atoms with Gasteiger partial charge in [-0.25, -0.2) is 4.79 Å². The first-order valence-electron chi connectivity index (χ1n) is 8.91. The van der Waals surface area contributed by atoms with Crippen LogP contribution in [-0.2, 0) is 19.7 Å². The zero-order valence-corrected chi connectivity index (χ0v) is 15.6. The van der Waals surface area contributed by atoms with Gasteiger partial charge in [0.2, 0.25) is 0 Å². The number of amides is 1. The number of rotatable bonds is 5. The van der Waals surface area contributed by atoms with Crippen LogP contribution < -0.4 is 11.0 Å². The van der Waals surface area contributed by atoms with Gasteiger partial charge in [-0.1, -0.05) is 30.2 Å². The SMILES string of the molecule is O=C(COC(=O)C1(c2ccc(Cl)cc2)CCC1)Nc1ccc2[nH]c(=O)[nH]c2c1. The average molecular weight is 400 g/mol. The van der Waals surface area contributed by atoms with Crippen molar-refractivity contribution in [2.75, 3.05) is 11.9 Å². The van der Waals surface area contributed by atoms with Crippen molar-refractivity contribution in [2.45, 2.75) is 24.7 Å². The molecule has 0 atom stereocenters. The zero-order chi connectivity index (χ0) is 19.7. The number of anilines is 1. The smallest absolute Gasteiger partial charge is 0.323 e. The van der Waals surface area contributed by atoms with Gasteiger partial charge in [-0.05, 0) is 48.7 Å². The van der Waals surface area contributed by atoms with Crippen LogP contribution in [0.25, 0.3) is 11.0 Å². The number of hydrogen-bond donors (Lipinski definition) is 3. The van der Waals surface area contributed by atoms with Crippen molar-refractivity contribution in [3.8, 4) is 0 Å². The Labute approximate surface area is 165 Å². The number of ether oxygens (including phenoxy) is 1. The van der Waals surface area contributed by atoms with Crippen molar-refractivity contribution in [3.05, 3.63) is 63.5 Å². The summed E-state index contributed by atoms with van der Waals surface area (Å²) >= 11 is 5.93. The minimum absolute atomic E-state index is 0.319. The summed E-state index contributed by atoms with van der Waals surface area (Å²) in [5.74, 6) is -0.849. The van der Waals surface area contributed by atoms with Crippen molar-refractivity contribution in [2.24, 2.45) is 0 Å². The van der Waals surface area contributed by atoms with Gasteiger partial charge in [-0.3, -0.25) is 9.59 Å². The molecule has 1 aliphatic rings. The minimum atomic E-state index is -0.700. The number of halogens is 1. The maximum Gasteiger partial charge on any atom is 0.323 e. The molecule has 3 N–H and O–H groups in total. The molecule has 1 amide bonds. The Hall–Kier alpha value is -3.06. The molecular formula is C20H18ClN3O4. The Morgan fingerprint density at radius 1 is 1.07 bits per heavy atom. The third-order valence-corrected chi connectivity index (χ3v) is 5.38. The van der Waals surface area contributed by atoms with Crippen molar-refractivity contribution in [1.82, 2.24) is 9.97 Å². The van der Waals surface area contributed by atoms with Crippen molar-refractivity contribution < 1.29 is 14.3 Å². The van der Waals surface area contributed by atoms with Gasteiger partial charge in [0.25, 0.3) is 5.91 Å². The van der Waals surface area contributed by atoms with Crippen molar-refractivity contribution >= 4 is 40.2 Å². The van der Waals surface area contributed by atoms with E-state index in [0.29, 0.717) is 34.6 Å². The van der Waals surface area contributed by atoms with Crippen LogP contribution in [0.4, 0.5) is 5.69 Å². The van der Waals surface area contributed by atoms with Crippen LogP contribution in [0.15, 0.2) is 47.3 Å². The Morgan fingerprint density at radius 3 is 2.46 bits per heavy atom.